The molecule has 0 unspecified atom stereocenters. The van der Waals surface area contributed by atoms with E-state index in [4.69, 9.17) is 27.9 Å². The molecule has 0 bridgehead atoms. The van der Waals surface area contributed by atoms with Gasteiger partial charge in [0.15, 0.2) is 6.61 Å². The Morgan fingerprint density at radius 1 is 1.03 bits per heavy atom. The number of hydrazone groups is 1. The lowest BCUT2D eigenvalue weighted by atomic mass is 10.2. The van der Waals surface area contributed by atoms with Gasteiger partial charge in [-0.1, -0.05) is 36.5 Å². The molecule has 8 nitrogen and oxygen atoms in total. The van der Waals surface area contributed by atoms with Crippen molar-refractivity contribution in [2.24, 2.45) is 5.10 Å². The zero-order chi connectivity index (χ0) is 22.6. The van der Waals surface area contributed by atoms with Gasteiger partial charge in [0.2, 0.25) is 0 Å². The number of hydrogen-bond donors (Lipinski definition) is 3. The lowest BCUT2D eigenvalue weighted by Gasteiger charge is -2.08. The first-order valence-corrected chi connectivity index (χ1v) is 10.2. The highest BCUT2D eigenvalue weighted by atomic mass is 35.5. The maximum Gasteiger partial charge on any atom is 0.329 e. The monoisotopic (exact) mass is 464 g/mol. The van der Waals surface area contributed by atoms with Crippen molar-refractivity contribution in [2.45, 2.75) is 19.8 Å². The van der Waals surface area contributed by atoms with E-state index in [-0.39, 0.29) is 12.5 Å². The number of halogens is 2. The quantitative estimate of drug-likeness (QED) is 0.228. The van der Waals surface area contributed by atoms with Crippen LogP contribution in [0.15, 0.2) is 47.6 Å². The van der Waals surface area contributed by atoms with Crippen molar-refractivity contribution in [1.29, 1.82) is 0 Å². The third-order valence-corrected chi connectivity index (χ3v) is 4.59. The van der Waals surface area contributed by atoms with Crippen LogP contribution in [0, 0.1) is 0 Å². The molecular weight excluding hydrogens is 443 g/mol. The molecule has 3 N–H and O–H groups in total. The van der Waals surface area contributed by atoms with E-state index < -0.39 is 11.8 Å². The molecule has 0 aliphatic heterocycles. The van der Waals surface area contributed by atoms with Gasteiger partial charge in [-0.05, 0) is 54.4 Å². The highest BCUT2D eigenvalue weighted by molar-refractivity contribution is 6.42. The standard InChI is InChI=1S/C21H22Cl2N4O4/c1-2-3-10-24-20(29)21(30)27-25-12-14-4-7-16(8-5-14)31-13-19(28)26-15-6-9-17(22)18(23)11-15/h4-9,11-12H,2-3,10,13H2,1H3,(H,24,29)(H,26,28)(H,27,30)/b25-12-. The van der Waals surface area contributed by atoms with Gasteiger partial charge in [0.05, 0.1) is 16.3 Å². The number of benzene rings is 2. The summed E-state index contributed by atoms with van der Waals surface area (Å²) in [6, 6.07) is 11.4. The number of amides is 3. The molecule has 2 rings (SSSR count). The summed E-state index contributed by atoms with van der Waals surface area (Å²) in [5, 5.41) is 9.63. The van der Waals surface area contributed by atoms with Crippen LogP contribution in [-0.4, -0.2) is 37.1 Å². The summed E-state index contributed by atoms with van der Waals surface area (Å²) in [4.78, 5) is 35.1. The average molecular weight is 465 g/mol. The number of nitrogens with one attached hydrogen (secondary N) is 3. The fraction of sp³-hybridized carbons (Fsp3) is 0.238. The van der Waals surface area contributed by atoms with Crippen LogP contribution in [0.25, 0.3) is 0 Å². The van der Waals surface area contributed by atoms with Gasteiger partial charge in [0.25, 0.3) is 5.91 Å². The minimum Gasteiger partial charge on any atom is -0.484 e. The Labute approximate surface area is 189 Å². The van der Waals surface area contributed by atoms with Crippen molar-refractivity contribution in [3.63, 3.8) is 0 Å². The molecule has 164 valence electrons. The Balaban J connectivity index is 1.76. The summed E-state index contributed by atoms with van der Waals surface area (Å²) < 4.78 is 5.43. The Hall–Kier alpha value is -3.10. The van der Waals surface area contributed by atoms with Crippen LogP contribution in [0.5, 0.6) is 5.75 Å². The molecular formula is C21H22Cl2N4O4. The molecule has 31 heavy (non-hydrogen) atoms. The van der Waals surface area contributed by atoms with E-state index in [0.29, 0.717) is 33.6 Å². The largest absolute Gasteiger partial charge is 0.484 e. The molecule has 0 saturated carbocycles. The van der Waals surface area contributed by atoms with Crippen LogP contribution in [0.3, 0.4) is 0 Å². The number of nitrogens with zero attached hydrogens (tertiary/aromatic N) is 1. The Kier molecular flexibility index (Phi) is 9.80. The van der Waals surface area contributed by atoms with E-state index >= 15 is 0 Å². The van der Waals surface area contributed by atoms with E-state index in [1.165, 1.54) is 6.21 Å². The Morgan fingerprint density at radius 3 is 2.45 bits per heavy atom. The molecule has 2 aromatic carbocycles. The predicted molar refractivity (Wildman–Crippen MR) is 121 cm³/mol. The van der Waals surface area contributed by atoms with Crippen molar-refractivity contribution in [2.75, 3.05) is 18.5 Å². The Bertz CT molecular complexity index is 949. The normalized spacial score (nSPS) is 10.5. The van der Waals surface area contributed by atoms with Gasteiger partial charge < -0.3 is 15.4 Å². The summed E-state index contributed by atoms with van der Waals surface area (Å²) in [6.45, 7) is 2.23. The Morgan fingerprint density at radius 2 is 1.77 bits per heavy atom. The summed E-state index contributed by atoms with van der Waals surface area (Å²) in [5.74, 6) is -1.45. The van der Waals surface area contributed by atoms with Crippen LogP contribution in [0.4, 0.5) is 5.69 Å². The predicted octanol–water partition coefficient (Wildman–Crippen LogP) is 3.38. The van der Waals surface area contributed by atoms with E-state index in [1.807, 2.05) is 6.92 Å². The number of carbonyl (C=O) groups is 3. The lowest BCUT2D eigenvalue weighted by Crippen LogP contribution is -2.38. The van der Waals surface area contributed by atoms with E-state index in [9.17, 15) is 14.4 Å². The number of anilines is 1. The van der Waals surface area contributed by atoms with Gasteiger partial charge >= 0.3 is 11.8 Å². The third-order valence-electron chi connectivity index (χ3n) is 3.86. The van der Waals surface area contributed by atoms with Crippen molar-refractivity contribution >= 4 is 52.8 Å². The molecule has 2 aromatic rings. The topological polar surface area (TPSA) is 109 Å². The van der Waals surface area contributed by atoms with Gasteiger partial charge in [-0.15, -0.1) is 0 Å². The third kappa shape index (κ3) is 8.65. The molecule has 0 aromatic heterocycles. The molecule has 0 heterocycles. The molecule has 0 fully saturated rings. The van der Waals surface area contributed by atoms with Crippen LogP contribution < -0.4 is 20.8 Å². The fourth-order valence-corrected chi connectivity index (χ4v) is 2.54. The summed E-state index contributed by atoms with van der Waals surface area (Å²) >= 11 is 11.7. The van der Waals surface area contributed by atoms with E-state index in [0.717, 1.165) is 12.8 Å². The van der Waals surface area contributed by atoms with Crippen LogP contribution >= 0.6 is 23.2 Å². The van der Waals surface area contributed by atoms with E-state index in [2.05, 4.69) is 21.2 Å². The number of ether oxygens (including phenoxy) is 1. The highest BCUT2D eigenvalue weighted by Crippen LogP contribution is 2.25. The van der Waals surface area contributed by atoms with Crippen molar-refractivity contribution in [3.05, 3.63) is 58.1 Å². The zero-order valence-corrected chi connectivity index (χ0v) is 18.3. The summed E-state index contributed by atoms with van der Waals surface area (Å²) in [6.07, 6.45) is 3.10. The van der Waals surface area contributed by atoms with Crippen LogP contribution in [-0.2, 0) is 14.4 Å². The number of hydrogen-bond acceptors (Lipinski definition) is 5. The maximum absolute atomic E-state index is 12.0. The molecule has 0 aliphatic carbocycles. The van der Waals surface area contributed by atoms with Gasteiger partial charge in [-0.2, -0.15) is 5.10 Å². The molecule has 0 aliphatic rings. The van der Waals surface area contributed by atoms with Crippen molar-refractivity contribution < 1.29 is 19.1 Å². The van der Waals surface area contributed by atoms with Crippen molar-refractivity contribution in [1.82, 2.24) is 10.7 Å². The SMILES string of the molecule is CCCCNC(=O)C(=O)N/N=C\c1ccc(OCC(=O)Nc2ccc(Cl)c(Cl)c2)cc1. The smallest absolute Gasteiger partial charge is 0.329 e. The van der Waals surface area contributed by atoms with Gasteiger partial charge in [0, 0.05) is 12.2 Å². The minimum atomic E-state index is -0.833. The van der Waals surface area contributed by atoms with Crippen LogP contribution in [0.2, 0.25) is 10.0 Å². The maximum atomic E-state index is 12.0. The minimum absolute atomic E-state index is 0.198. The molecule has 0 saturated heterocycles. The molecule has 10 heteroatoms. The molecule has 0 atom stereocenters. The fourth-order valence-electron chi connectivity index (χ4n) is 2.25. The summed E-state index contributed by atoms with van der Waals surface area (Å²) in [7, 11) is 0. The molecule has 0 radical (unpaired) electrons. The van der Waals surface area contributed by atoms with Gasteiger partial charge in [-0.3, -0.25) is 14.4 Å². The van der Waals surface area contributed by atoms with Crippen LogP contribution in [0.1, 0.15) is 25.3 Å². The number of rotatable bonds is 9. The second kappa shape index (κ2) is 12.6. The average Bonchev–Trinajstić information content (AvgIpc) is 2.75. The lowest BCUT2D eigenvalue weighted by molar-refractivity contribution is -0.139. The second-order valence-corrected chi connectivity index (χ2v) is 7.16. The van der Waals surface area contributed by atoms with Gasteiger partial charge in [0.1, 0.15) is 5.75 Å². The molecule has 3 amide bonds. The first kappa shape index (κ1) is 24.2. The number of unbranched alkanes of at least 4 members (excludes halogenated alkanes) is 1. The van der Waals surface area contributed by atoms with Crippen molar-refractivity contribution in [3.8, 4) is 5.75 Å². The summed E-state index contributed by atoms with van der Waals surface area (Å²) in [5.41, 5.74) is 3.34. The molecule has 0 spiro atoms. The zero-order valence-electron chi connectivity index (χ0n) is 16.8. The van der Waals surface area contributed by atoms with E-state index in [1.54, 1.807) is 42.5 Å². The number of carbonyl (C=O) groups excluding carboxylic acids is 3. The van der Waals surface area contributed by atoms with Gasteiger partial charge in [-0.25, -0.2) is 5.43 Å². The first-order valence-electron chi connectivity index (χ1n) is 9.48. The second-order valence-electron chi connectivity index (χ2n) is 6.34. The first-order chi connectivity index (χ1) is 14.9. The highest BCUT2D eigenvalue weighted by Gasteiger charge is 2.11.